The van der Waals surface area contributed by atoms with Gasteiger partial charge >= 0.3 is 12.1 Å². The lowest BCUT2D eigenvalue weighted by molar-refractivity contribution is -0.141. The SMILES string of the molecule is C=CCO[C@H](C[C@H](C(C)C)N(C)C(=O)[C@@H](NC(=O)OCC1c2ccccc2-c2ccccc21)[C@@H](C)CC)c1nc(C(=O)NC(Cc2ccccc2)CC(C)C(=O)O)cs1. The number of hydrogen-bond donors (Lipinski definition) is 3. The molecule has 2 unspecified atom stereocenters. The van der Waals surface area contributed by atoms with E-state index < -0.39 is 42.1 Å². The van der Waals surface area contributed by atoms with Gasteiger partial charge in [-0.2, -0.15) is 0 Å². The molecule has 1 heterocycles. The van der Waals surface area contributed by atoms with Gasteiger partial charge in [-0.1, -0.05) is 126 Å². The summed E-state index contributed by atoms with van der Waals surface area (Å²) in [7, 11) is 1.75. The monoisotopic (exact) mass is 822 g/mol. The second-order valence-corrected chi connectivity index (χ2v) is 16.7. The minimum atomic E-state index is -0.929. The van der Waals surface area contributed by atoms with E-state index in [4.69, 9.17) is 14.5 Å². The van der Waals surface area contributed by atoms with Crippen molar-refractivity contribution in [2.75, 3.05) is 20.3 Å². The summed E-state index contributed by atoms with van der Waals surface area (Å²) in [6.07, 6.45) is 2.15. The Hall–Kier alpha value is -5.33. The van der Waals surface area contributed by atoms with Gasteiger partial charge in [-0.05, 0) is 52.5 Å². The highest BCUT2D eigenvalue weighted by Gasteiger charge is 2.36. The number of alkyl carbamates (subject to hydrolysis) is 1. The summed E-state index contributed by atoms with van der Waals surface area (Å²) < 4.78 is 12.1. The van der Waals surface area contributed by atoms with Crippen LogP contribution >= 0.6 is 11.3 Å². The number of benzene rings is 3. The summed E-state index contributed by atoms with van der Waals surface area (Å²) >= 11 is 1.29. The van der Waals surface area contributed by atoms with Crippen LogP contribution in [-0.2, 0) is 25.5 Å². The van der Waals surface area contributed by atoms with Crippen molar-refractivity contribution in [3.8, 4) is 11.1 Å². The summed E-state index contributed by atoms with van der Waals surface area (Å²) in [6, 6.07) is 24.3. The molecule has 6 atom stereocenters. The molecule has 0 fully saturated rings. The smallest absolute Gasteiger partial charge is 0.407 e. The molecule has 3 aromatic carbocycles. The average molecular weight is 823 g/mol. The van der Waals surface area contributed by atoms with E-state index in [1.165, 1.54) is 11.3 Å². The van der Waals surface area contributed by atoms with Crippen LogP contribution in [0.2, 0.25) is 0 Å². The lowest BCUT2D eigenvalue weighted by Gasteiger charge is -2.37. The first-order valence-electron chi connectivity index (χ1n) is 20.5. The first kappa shape index (κ1) is 44.8. The molecule has 1 aromatic heterocycles. The number of carbonyl (C=O) groups excluding carboxylic acids is 3. The standard InChI is InChI=1S/C47H58N4O7S/c1-8-23-57-41(44-49-39(28-59-44)43(52)48-33(24-31(6)46(54)55)25-32-17-11-10-12-18-32)26-40(29(3)4)51(7)45(53)42(30(5)9-2)50-47(56)58-27-38-36-21-15-13-19-34(36)35-20-14-16-22-37(35)38/h8,10-22,28-31,33,38,40-42H,1,9,23-27H2,2-7H3,(H,48,52)(H,50,56)(H,54,55)/t30-,31?,33?,40+,41+,42-/m0/s1. The van der Waals surface area contributed by atoms with Gasteiger partial charge in [-0.25, -0.2) is 9.78 Å². The number of carboxylic acid groups (broad SMARTS) is 1. The largest absolute Gasteiger partial charge is 0.481 e. The average Bonchev–Trinajstić information content (AvgIpc) is 3.85. The maximum atomic E-state index is 14.4. The number of thiazole rings is 1. The fourth-order valence-corrected chi connectivity index (χ4v) is 8.63. The number of ether oxygens (including phenoxy) is 2. The Morgan fingerprint density at radius 3 is 2.14 bits per heavy atom. The maximum Gasteiger partial charge on any atom is 0.407 e. The number of carbonyl (C=O) groups is 4. The van der Waals surface area contributed by atoms with Crippen molar-refractivity contribution in [3.63, 3.8) is 0 Å². The predicted molar refractivity (Wildman–Crippen MR) is 231 cm³/mol. The highest BCUT2D eigenvalue weighted by Crippen LogP contribution is 2.44. The normalized spacial score (nSPS) is 15.2. The second kappa shape index (κ2) is 21.1. The molecule has 12 heteroatoms. The molecule has 4 aromatic rings. The molecule has 0 saturated carbocycles. The lowest BCUT2D eigenvalue weighted by atomic mass is 9.93. The first-order chi connectivity index (χ1) is 28.3. The minimum Gasteiger partial charge on any atom is -0.481 e. The second-order valence-electron chi connectivity index (χ2n) is 15.8. The van der Waals surface area contributed by atoms with Gasteiger partial charge in [0.05, 0.1) is 12.5 Å². The lowest BCUT2D eigenvalue weighted by Crippen LogP contribution is -2.54. The topological polar surface area (TPSA) is 147 Å². The number of nitrogens with zero attached hydrogens (tertiary/aromatic N) is 2. The maximum absolute atomic E-state index is 14.4. The van der Waals surface area contributed by atoms with Gasteiger partial charge in [0.25, 0.3) is 5.91 Å². The number of fused-ring (bicyclic) bond motifs is 3. The third-order valence-electron chi connectivity index (χ3n) is 11.3. The van der Waals surface area contributed by atoms with Gasteiger partial charge < -0.3 is 30.1 Å². The molecule has 0 radical (unpaired) electrons. The summed E-state index contributed by atoms with van der Waals surface area (Å²) in [5.74, 6) is -2.54. The molecule has 59 heavy (non-hydrogen) atoms. The van der Waals surface area contributed by atoms with Gasteiger partial charge in [0.1, 0.15) is 29.5 Å². The van der Waals surface area contributed by atoms with E-state index in [0.717, 1.165) is 27.8 Å². The molecular weight excluding hydrogens is 765 g/mol. The minimum absolute atomic E-state index is 0.0106. The van der Waals surface area contributed by atoms with Crippen LogP contribution < -0.4 is 10.6 Å². The number of likely N-dealkylation sites (N-methyl/N-ethyl adjacent to an activating group) is 1. The van der Waals surface area contributed by atoms with Crippen molar-refractivity contribution in [2.45, 2.75) is 90.4 Å². The van der Waals surface area contributed by atoms with E-state index in [0.29, 0.717) is 24.3 Å². The Morgan fingerprint density at radius 2 is 1.54 bits per heavy atom. The molecule has 0 bridgehead atoms. The van der Waals surface area contributed by atoms with Crippen molar-refractivity contribution < 1.29 is 33.8 Å². The van der Waals surface area contributed by atoms with E-state index in [-0.39, 0.29) is 55.0 Å². The van der Waals surface area contributed by atoms with E-state index in [1.807, 2.05) is 82.3 Å². The Balaban J connectivity index is 1.28. The fraction of sp³-hybridized carbons (Fsp3) is 0.426. The van der Waals surface area contributed by atoms with Crippen LogP contribution in [0.5, 0.6) is 0 Å². The third-order valence-corrected chi connectivity index (χ3v) is 12.3. The van der Waals surface area contributed by atoms with Crippen LogP contribution in [0.1, 0.15) is 98.1 Å². The van der Waals surface area contributed by atoms with E-state index in [2.05, 4.69) is 41.5 Å². The Kier molecular flexibility index (Phi) is 16.0. The van der Waals surface area contributed by atoms with E-state index >= 15 is 0 Å². The number of aliphatic carboxylic acids is 1. The summed E-state index contributed by atoms with van der Waals surface area (Å²) in [6.45, 7) is 13.8. The predicted octanol–water partition coefficient (Wildman–Crippen LogP) is 8.67. The van der Waals surface area contributed by atoms with Crippen molar-refractivity contribution >= 4 is 35.2 Å². The number of aromatic nitrogens is 1. The Bertz CT molecular complexity index is 2010. The molecule has 0 aliphatic heterocycles. The zero-order chi connectivity index (χ0) is 42.6. The van der Waals surface area contributed by atoms with Gasteiger partial charge in [0.2, 0.25) is 5.91 Å². The van der Waals surface area contributed by atoms with Crippen molar-refractivity contribution in [1.29, 1.82) is 0 Å². The third kappa shape index (κ3) is 11.5. The van der Waals surface area contributed by atoms with Crippen molar-refractivity contribution in [3.05, 3.63) is 124 Å². The van der Waals surface area contributed by atoms with Crippen molar-refractivity contribution in [1.82, 2.24) is 20.5 Å². The molecule has 0 saturated heterocycles. The quantitative estimate of drug-likeness (QED) is 0.0708. The van der Waals surface area contributed by atoms with Gasteiger partial charge in [-0.3, -0.25) is 14.4 Å². The van der Waals surface area contributed by atoms with Crippen LogP contribution in [0.15, 0.2) is 96.9 Å². The van der Waals surface area contributed by atoms with Crippen LogP contribution in [0.3, 0.4) is 0 Å². The summed E-state index contributed by atoms with van der Waals surface area (Å²) in [5, 5.41) is 17.8. The van der Waals surface area contributed by atoms with Gasteiger partial charge in [-0.15, -0.1) is 17.9 Å². The van der Waals surface area contributed by atoms with Crippen LogP contribution in [-0.4, -0.2) is 77.3 Å². The molecule has 3 N–H and O–H groups in total. The highest BCUT2D eigenvalue weighted by atomic mass is 32.1. The summed E-state index contributed by atoms with van der Waals surface area (Å²) in [5.41, 5.74) is 5.66. The Labute approximate surface area is 352 Å². The van der Waals surface area contributed by atoms with Gasteiger partial charge in [0.15, 0.2) is 0 Å². The number of nitrogens with one attached hydrogen (secondary N) is 2. The number of rotatable bonds is 21. The van der Waals surface area contributed by atoms with E-state index in [9.17, 15) is 24.3 Å². The van der Waals surface area contributed by atoms with Gasteiger partial charge in [0, 0.05) is 36.9 Å². The number of hydrogen-bond acceptors (Lipinski definition) is 8. The number of amides is 3. The molecule has 0 spiro atoms. The zero-order valence-corrected chi connectivity index (χ0v) is 35.7. The van der Waals surface area contributed by atoms with E-state index in [1.54, 1.807) is 30.3 Å². The molecule has 5 rings (SSSR count). The summed E-state index contributed by atoms with van der Waals surface area (Å²) in [4.78, 5) is 59.6. The first-order valence-corrected chi connectivity index (χ1v) is 21.3. The van der Waals surface area contributed by atoms with Crippen LogP contribution in [0, 0.1) is 17.8 Å². The molecule has 3 amide bonds. The van der Waals surface area contributed by atoms with Crippen LogP contribution in [0.4, 0.5) is 4.79 Å². The molecular formula is C47H58N4O7S. The Morgan fingerprint density at radius 1 is 0.915 bits per heavy atom. The molecule has 11 nitrogen and oxygen atoms in total. The molecule has 314 valence electrons. The fourth-order valence-electron chi connectivity index (χ4n) is 7.77. The van der Waals surface area contributed by atoms with Crippen LogP contribution in [0.25, 0.3) is 11.1 Å². The molecule has 1 aliphatic rings. The number of carboxylic acids is 1. The highest BCUT2D eigenvalue weighted by molar-refractivity contribution is 7.09. The zero-order valence-electron chi connectivity index (χ0n) is 34.9. The van der Waals surface area contributed by atoms with Crippen molar-refractivity contribution in [2.24, 2.45) is 17.8 Å². The molecule has 1 aliphatic carbocycles.